The Morgan fingerprint density at radius 3 is 2.48 bits per heavy atom. The molecule has 8 heteroatoms. The van der Waals surface area contributed by atoms with E-state index >= 15 is 0 Å². The molecule has 3 rings (SSSR count). The van der Waals surface area contributed by atoms with Gasteiger partial charge in [-0.05, 0) is 42.0 Å². The highest BCUT2D eigenvalue weighted by Crippen LogP contribution is 2.32. The lowest BCUT2D eigenvalue weighted by atomic mass is 10.1. The van der Waals surface area contributed by atoms with Gasteiger partial charge in [-0.15, -0.1) is 13.2 Å². The predicted octanol–water partition coefficient (Wildman–Crippen LogP) is 3.59. The number of ether oxygens (including phenoxy) is 3. The lowest BCUT2D eigenvalue weighted by Gasteiger charge is -2.18. The van der Waals surface area contributed by atoms with Gasteiger partial charge in [0.1, 0.15) is 5.75 Å². The number of benzene rings is 2. The van der Waals surface area contributed by atoms with E-state index in [9.17, 15) is 18.0 Å². The van der Waals surface area contributed by atoms with Gasteiger partial charge in [-0.1, -0.05) is 6.07 Å². The first-order valence-corrected chi connectivity index (χ1v) is 7.31. The summed E-state index contributed by atoms with van der Waals surface area (Å²) in [5.74, 6) is 0.573. The third kappa shape index (κ3) is 4.14. The first kappa shape index (κ1) is 16.9. The predicted molar refractivity (Wildman–Crippen MR) is 81.5 cm³/mol. The van der Waals surface area contributed by atoms with Crippen molar-refractivity contribution in [1.29, 1.82) is 0 Å². The Bertz CT molecular complexity index is 774. The van der Waals surface area contributed by atoms with Crippen LogP contribution in [0.2, 0.25) is 0 Å². The molecule has 0 saturated heterocycles. The Balaban J connectivity index is 1.66. The number of carbonyl (C=O) groups is 1. The van der Waals surface area contributed by atoms with E-state index in [1.165, 1.54) is 17.0 Å². The molecule has 1 amide bonds. The molecule has 0 N–H and O–H groups in total. The van der Waals surface area contributed by atoms with E-state index in [1.54, 1.807) is 19.2 Å². The van der Waals surface area contributed by atoms with Gasteiger partial charge < -0.3 is 19.1 Å². The molecule has 0 radical (unpaired) electrons. The smallest absolute Gasteiger partial charge is 0.454 e. The van der Waals surface area contributed by atoms with Crippen molar-refractivity contribution < 1.29 is 32.2 Å². The minimum atomic E-state index is -4.76. The van der Waals surface area contributed by atoms with Crippen LogP contribution in [0.25, 0.3) is 0 Å². The van der Waals surface area contributed by atoms with Gasteiger partial charge in [0.2, 0.25) is 6.79 Å². The third-order valence-electron chi connectivity index (χ3n) is 3.54. The van der Waals surface area contributed by atoms with Crippen LogP contribution in [-0.4, -0.2) is 31.0 Å². The van der Waals surface area contributed by atoms with Crippen LogP contribution in [0.5, 0.6) is 17.2 Å². The fourth-order valence-corrected chi connectivity index (χ4v) is 2.40. The van der Waals surface area contributed by atoms with Crippen LogP contribution in [-0.2, 0) is 6.54 Å². The number of halogens is 3. The zero-order chi connectivity index (χ0) is 18.0. The van der Waals surface area contributed by atoms with Crippen molar-refractivity contribution >= 4 is 5.91 Å². The van der Waals surface area contributed by atoms with Crippen molar-refractivity contribution in [2.45, 2.75) is 12.9 Å². The van der Waals surface area contributed by atoms with E-state index < -0.39 is 6.36 Å². The molecule has 5 nitrogen and oxygen atoms in total. The maximum atomic E-state index is 12.4. The number of alkyl halides is 3. The van der Waals surface area contributed by atoms with Gasteiger partial charge in [0.15, 0.2) is 11.5 Å². The van der Waals surface area contributed by atoms with Crippen molar-refractivity contribution in [2.75, 3.05) is 13.8 Å². The summed E-state index contributed by atoms with van der Waals surface area (Å²) < 4.78 is 50.7. The molecule has 0 atom stereocenters. The summed E-state index contributed by atoms with van der Waals surface area (Å²) >= 11 is 0. The maximum absolute atomic E-state index is 12.4. The first-order valence-electron chi connectivity index (χ1n) is 7.31. The molecule has 0 saturated carbocycles. The summed E-state index contributed by atoms with van der Waals surface area (Å²) in [6.45, 7) is 0.482. The molecule has 0 aromatic heterocycles. The van der Waals surface area contributed by atoms with Crippen molar-refractivity contribution in [1.82, 2.24) is 4.90 Å². The second kappa shape index (κ2) is 6.54. The molecule has 2 aromatic rings. The van der Waals surface area contributed by atoms with Crippen LogP contribution in [0, 0.1) is 0 Å². The molecule has 0 aliphatic carbocycles. The normalized spacial score (nSPS) is 12.8. The number of fused-ring (bicyclic) bond motifs is 1. The summed E-state index contributed by atoms with van der Waals surface area (Å²) in [6, 6.07) is 10.2. The van der Waals surface area contributed by atoms with Crippen molar-refractivity contribution in [3.05, 3.63) is 53.6 Å². The highest BCUT2D eigenvalue weighted by molar-refractivity contribution is 5.94. The second-order valence-corrected chi connectivity index (χ2v) is 5.42. The Morgan fingerprint density at radius 1 is 1.12 bits per heavy atom. The van der Waals surface area contributed by atoms with E-state index in [0.717, 1.165) is 17.7 Å². The largest absolute Gasteiger partial charge is 0.573 e. The number of hydrogen-bond acceptors (Lipinski definition) is 4. The van der Waals surface area contributed by atoms with Crippen LogP contribution in [0.3, 0.4) is 0 Å². The number of rotatable bonds is 4. The quantitative estimate of drug-likeness (QED) is 0.843. The summed E-state index contributed by atoms with van der Waals surface area (Å²) in [5.41, 5.74) is 1.11. The van der Waals surface area contributed by atoms with Gasteiger partial charge in [-0.3, -0.25) is 4.79 Å². The van der Waals surface area contributed by atoms with Gasteiger partial charge in [0, 0.05) is 19.2 Å². The van der Waals surface area contributed by atoms with Crippen LogP contribution in [0.15, 0.2) is 42.5 Å². The molecular formula is C17H14F3NO4. The third-order valence-corrected chi connectivity index (χ3v) is 3.54. The number of nitrogens with zero attached hydrogens (tertiary/aromatic N) is 1. The minimum Gasteiger partial charge on any atom is -0.454 e. The van der Waals surface area contributed by atoms with Gasteiger partial charge in [0.05, 0.1) is 0 Å². The van der Waals surface area contributed by atoms with Gasteiger partial charge in [-0.2, -0.15) is 0 Å². The number of amides is 1. The SMILES string of the molecule is CN(Cc1ccc2c(c1)OCO2)C(=O)c1ccc(OC(F)(F)F)cc1. The van der Waals surface area contributed by atoms with Crippen LogP contribution in [0.1, 0.15) is 15.9 Å². The number of hydrogen-bond donors (Lipinski definition) is 0. The van der Waals surface area contributed by atoms with E-state index in [0.29, 0.717) is 18.0 Å². The van der Waals surface area contributed by atoms with E-state index in [1.807, 2.05) is 6.07 Å². The monoisotopic (exact) mass is 353 g/mol. The van der Waals surface area contributed by atoms with Crippen LogP contribution in [0.4, 0.5) is 13.2 Å². The zero-order valence-electron chi connectivity index (χ0n) is 13.2. The van der Waals surface area contributed by atoms with Crippen molar-refractivity contribution in [3.63, 3.8) is 0 Å². The van der Waals surface area contributed by atoms with Crippen molar-refractivity contribution in [3.8, 4) is 17.2 Å². The molecule has 1 aliphatic rings. The van der Waals surface area contributed by atoms with E-state index in [-0.39, 0.29) is 24.0 Å². The summed E-state index contributed by atoms with van der Waals surface area (Å²) in [6.07, 6.45) is -4.76. The zero-order valence-corrected chi connectivity index (χ0v) is 13.2. The highest BCUT2D eigenvalue weighted by atomic mass is 19.4. The van der Waals surface area contributed by atoms with E-state index in [2.05, 4.69) is 4.74 Å². The molecule has 0 spiro atoms. The van der Waals surface area contributed by atoms with Crippen LogP contribution < -0.4 is 14.2 Å². The van der Waals surface area contributed by atoms with Gasteiger partial charge >= 0.3 is 6.36 Å². The molecule has 1 heterocycles. The topological polar surface area (TPSA) is 48.0 Å². The summed E-state index contributed by atoms with van der Waals surface area (Å²) in [7, 11) is 1.60. The van der Waals surface area contributed by atoms with Gasteiger partial charge in [-0.25, -0.2) is 0 Å². The maximum Gasteiger partial charge on any atom is 0.573 e. The van der Waals surface area contributed by atoms with Crippen LogP contribution >= 0.6 is 0 Å². The molecule has 132 valence electrons. The Hall–Kier alpha value is -2.90. The average Bonchev–Trinajstić information content (AvgIpc) is 3.01. The molecule has 0 bridgehead atoms. The van der Waals surface area contributed by atoms with Crippen molar-refractivity contribution in [2.24, 2.45) is 0 Å². The molecule has 25 heavy (non-hydrogen) atoms. The lowest BCUT2D eigenvalue weighted by molar-refractivity contribution is -0.274. The standard InChI is InChI=1S/C17H14F3NO4/c1-21(9-11-2-7-14-15(8-11)24-10-23-14)16(22)12-3-5-13(6-4-12)25-17(18,19)20/h2-8H,9-10H2,1H3. The first-order chi connectivity index (χ1) is 11.8. The lowest BCUT2D eigenvalue weighted by Crippen LogP contribution is -2.26. The second-order valence-electron chi connectivity index (χ2n) is 5.42. The number of carbonyl (C=O) groups excluding carboxylic acids is 1. The fourth-order valence-electron chi connectivity index (χ4n) is 2.40. The Kier molecular flexibility index (Phi) is 4.43. The molecule has 0 fully saturated rings. The molecular weight excluding hydrogens is 339 g/mol. The molecule has 0 unspecified atom stereocenters. The minimum absolute atomic E-state index is 0.167. The average molecular weight is 353 g/mol. The molecule has 1 aliphatic heterocycles. The van der Waals surface area contributed by atoms with Gasteiger partial charge in [0.25, 0.3) is 5.91 Å². The summed E-state index contributed by atoms with van der Waals surface area (Å²) in [4.78, 5) is 13.8. The summed E-state index contributed by atoms with van der Waals surface area (Å²) in [5, 5.41) is 0. The highest BCUT2D eigenvalue weighted by Gasteiger charge is 2.31. The molecule has 2 aromatic carbocycles. The Labute approximate surface area is 141 Å². The Morgan fingerprint density at radius 2 is 1.80 bits per heavy atom. The fraction of sp³-hybridized carbons (Fsp3) is 0.235. The van der Waals surface area contributed by atoms with E-state index in [4.69, 9.17) is 9.47 Å².